The molecule has 0 bridgehead atoms. The minimum absolute atomic E-state index is 1.23. The van der Waals surface area contributed by atoms with Crippen molar-refractivity contribution in [3.63, 3.8) is 0 Å². The summed E-state index contributed by atoms with van der Waals surface area (Å²) in [4.78, 5) is 0. The van der Waals surface area contributed by atoms with E-state index < -0.39 is 23.7 Å². The van der Waals surface area contributed by atoms with Crippen LogP contribution in [0.1, 0.15) is 44.5 Å². The normalized spacial score (nSPS) is 14.4. The van der Waals surface area contributed by atoms with Crippen LogP contribution in [0.5, 0.6) is 0 Å². The van der Waals surface area contributed by atoms with Crippen LogP contribution in [0.2, 0.25) is 0 Å². The first-order valence-corrected chi connectivity index (χ1v) is 25.4. The molecule has 0 amide bonds. The first kappa shape index (κ1) is 40.8. The molecule has 2 aliphatic rings. The second kappa shape index (κ2) is 19.4. The summed E-state index contributed by atoms with van der Waals surface area (Å²) < 4.78 is 15.5. The number of allylic oxidation sites excluding steroid dienone is 4. The molecule has 10 rings (SSSR count). The Morgan fingerprint density at radius 1 is 0.274 bits per heavy atom. The van der Waals surface area contributed by atoms with Crippen LogP contribution < -0.4 is 0 Å². The molecule has 8 aromatic carbocycles. The first-order chi connectivity index (χ1) is 30.8. The van der Waals surface area contributed by atoms with Crippen LogP contribution in [-0.2, 0) is 8.19 Å². The topological polar surface area (TPSA) is 18.5 Å². The fourth-order valence-electron chi connectivity index (χ4n) is 8.71. The predicted octanol–water partition coefficient (Wildman–Crippen LogP) is 13.9. The van der Waals surface area contributed by atoms with Crippen molar-refractivity contribution in [1.29, 1.82) is 0 Å². The Kier molecular flexibility index (Phi) is 12.8. The molecule has 4 heteroatoms. The summed E-state index contributed by atoms with van der Waals surface area (Å²) in [6.45, 7) is 0. The Bertz CT molecular complexity index is 2460. The average Bonchev–Trinajstić information content (AvgIpc) is 3.91. The number of hydrogen-bond donors (Lipinski definition) is 0. The molecule has 0 aliphatic carbocycles. The van der Waals surface area contributed by atoms with Gasteiger partial charge in [0.25, 0.3) is 9.04 Å². The van der Waals surface area contributed by atoms with Gasteiger partial charge in [-0.15, -0.1) is 0 Å². The summed E-state index contributed by atoms with van der Waals surface area (Å²) in [5.41, 5.74) is 15.1. The van der Waals surface area contributed by atoms with Gasteiger partial charge < -0.3 is 4.43 Å². The van der Waals surface area contributed by atoms with E-state index in [1.807, 2.05) is 14.2 Å². The summed E-state index contributed by atoms with van der Waals surface area (Å²) in [5, 5.41) is 2.63. The van der Waals surface area contributed by atoms with Gasteiger partial charge in [0.2, 0.25) is 0 Å². The SMILES string of the molecule is CO[Si]1C(c2ccccc2)=C(c2ccccc2)C(c2ccccc2)=C1c1ccccc1.C[O][Ge]1[C](c2ccccc2)=C(c2ccccc2)C(c2ccccc2)=[C]1c1ccccc1. The van der Waals surface area contributed by atoms with Crippen LogP contribution in [0.3, 0.4) is 0 Å². The van der Waals surface area contributed by atoms with Crippen molar-refractivity contribution in [2.75, 3.05) is 14.2 Å². The van der Waals surface area contributed by atoms with Crippen LogP contribution in [0.25, 0.3) is 41.5 Å². The van der Waals surface area contributed by atoms with E-state index in [0.29, 0.717) is 0 Å². The van der Waals surface area contributed by atoms with Crippen LogP contribution in [-0.4, -0.2) is 37.9 Å². The monoisotopic (exact) mass is 876 g/mol. The number of rotatable bonds is 10. The molecule has 2 aliphatic heterocycles. The van der Waals surface area contributed by atoms with Crippen molar-refractivity contribution in [3.05, 3.63) is 287 Å². The minimum atomic E-state index is -2.30. The second-order valence-electron chi connectivity index (χ2n) is 15.0. The zero-order valence-electron chi connectivity index (χ0n) is 34.9. The van der Waals surface area contributed by atoms with Crippen LogP contribution in [0, 0.1) is 0 Å². The van der Waals surface area contributed by atoms with Crippen molar-refractivity contribution < 1.29 is 8.19 Å². The number of hydrogen-bond acceptors (Lipinski definition) is 2. The van der Waals surface area contributed by atoms with Crippen molar-refractivity contribution in [2.24, 2.45) is 0 Å². The van der Waals surface area contributed by atoms with E-state index in [4.69, 9.17) is 8.19 Å². The van der Waals surface area contributed by atoms with Crippen molar-refractivity contribution >= 4 is 65.2 Å². The molecule has 0 aromatic heterocycles. The molecule has 0 N–H and O–H groups in total. The van der Waals surface area contributed by atoms with Crippen molar-refractivity contribution in [2.45, 2.75) is 0 Å². The molecule has 0 saturated carbocycles. The Balaban J connectivity index is 0.000000158. The Hall–Kier alpha value is -6.60. The maximum atomic E-state index is 6.40. The van der Waals surface area contributed by atoms with E-state index in [-0.39, 0.29) is 0 Å². The Labute approximate surface area is 372 Å². The summed E-state index contributed by atoms with van der Waals surface area (Å²) >= 11 is -2.30. The Morgan fingerprint density at radius 3 is 0.742 bits per heavy atom. The van der Waals surface area contributed by atoms with Gasteiger partial charge in [-0.25, -0.2) is 0 Å². The van der Waals surface area contributed by atoms with E-state index in [1.165, 1.54) is 86.0 Å². The molecule has 62 heavy (non-hydrogen) atoms. The third-order valence-electron chi connectivity index (χ3n) is 11.3. The molecule has 298 valence electrons. The zero-order valence-corrected chi connectivity index (χ0v) is 38.0. The third-order valence-corrected chi connectivity index (χ3v) is 18.7. The van der Waals surface area contributed by atoms with E-state index >= 15 is 0 Å². The van der Waals surface area contributed by atoms with Gasteiger partial charge in [0, 0.05) is 7.11 Å². The molecular weight excluding hydrogens is 829 g/mol. The van der Waals surface area contributed by atoms with Gasteiger partial charge in [-0.1, -0.05) is 121 Å². The van der Waals surface area contributed by atoms with E-state index in [2.05, 4.69) is 243 Å². The Morgan fingerprint density at radius 2 is 0.500 bits per heavy atom. The van der Waals surface area contributed by atoms with Crippen LogP contribution in [0.15, 0.2) is 243 Å². The molecule has 8 aromatic rings. The molecule has 0 unspecified atom stereocenters. The van der Waals surface area contributed by atoms with E-state index in [1.54, 1.807) is 0 Å². The quantitative estimate of drug-likeness (QED) is 0.127. The van der Waals surface area contributed by atoms with Gasteiger partial charge >= 0.3 is 189 Å². The standard InChI is InChI=1S/C29H23GeO.C29H23OSi/c1-31-30-28(24-18-10-4-11-19-24)26(22-14-6-2-7-15-22)27(23-16-8-3-9-17-23)29(30)25-20-12-5-13-21-25;1-30-31-28(24-18-10-4-11-19-24)26(22-14-6-2-7-15-22)27(23-16-8-3-9-17-23)29(31)25-20-12-5-13-21-25/h2*2-21H,1H3. The second-order valence-corrected chi connectivity index (χ2v) is 21.4. The van der Waals surface area contributed by atoms with Gasteiger partial charge in [0.1, 0.15) is 0 Å². The van der Waals surface area contributed by atoms with E-state index in [0.717, 1.165) is 0 Å². The molecule has 2 radical (unpaired) electrons. The number of benzene rings is 8. The molecule has 0 spiro atoms. The summed E-state index contributed by atoms with van der Waals surface area (Å²) in [7, 11) is 2.28. The van der Waals surface area contributed by atoms with Gasteiger partial charge in [0.05, 0.1) is 0 Å². The average molecular weight is 876 g/mol. The molecule has 0 fully saturated rings. The first-order valence-electron chi connectivity index (χ1n) is 21.0. The van der Waals surface area contributed by atoms with Crippen LogP contribution in [0.4, 0.5) is 0 Å². The predicted molar refractivity (Wildman–Crippen MR) is 264 cm³/mol. The summed E-state index contributed by atoms with van der Waals surface area (Å²) in [5.74, 6) is 0. The molecule has 2 heterocycles. The summed E-state index contributed by atoms with van der Waals surface area (Å²) in [6, 6.07) is 86.0. The molecular formula is C58H46GeO2Si. The van der Waals surface area contributed by atoms with Crippen LogP contribution >= 0.6 is 0 Å². The molecule has 2 nitrogen and oxygen atoms in total. The fraction of sp³-hybridized carbons (Fsp3) is 0.0345. The van der Waals surface area contributed by atoms with Gasteiger partial charge in [-0.05, 0) is 43.8 Å². The fourth-order valence-corrected chi connectivity index (χ4v) is 16.5. The van der Waals surface area contributed by atoms with Gasteiger partial charge in [-0.2, -0.15) is 0 Å². The van der Waals surface area contributed by atoms with Crippen molar-refractivity contribution in [1.82, 2.24) is 0 Å². The third kappa shape index (κ3) is 8.24. The zero-order chi connectivity index (χ0) is 42.1. The maximum absolute atomic E-state index is 6.40. The van der Waals surface area contributed by atoms with Gasteiger partial charge in [0.15, 0.2) is 0 Å². The van der Waals surface area contributed by atoms with E-state index in [9.17, 15) is 0 Å². The molecule has 0 atom stereocenters. The van der Waals surface area contributed by atoms with Gasteiger partial charge in [-0.3, -0.25) is 0 Å². The van der Waals surface area contributed by atoms with Crippen molar-refractivity contribution in [3.8, 4) is 0 Å². The summed E-state index contributed by atoms with van der Waals surface area (Å²) in [6.07, 6.45) is 0. The molecule has 0 saturated heterocycles.